The topological polar surface area (TPSA) is 49.6 Å². The molecule has 0 bridgehead atoms. The Hall–Kier alpha value is -1.66. The summed E-state index contributed by atoms with van der Waals surface area (Å²) in [5.41, 5.74) is 0.830. The van der Waals surface area contributed by atoms with E-state index < -0.39 is 0 Å². The smallest absolute Gasteiger partial charge is 0.228 e. The van der Waals surface area contributed by atoms with Crippen LogP contribution in [0.25, 0.3) is 10.8 Å². The fraction of sp³-hybridized carbons (Fsp3) is 0.500. The summed E-state index contributed by atoms with van der Waals surface area (Å²) in [5.74, 6) is 1.82. The maximum atomic E-state index is 12.4. The van der Waals surface area contributed by atoms with Crippen molar-refractivity contribution in [1.82, 2.24) is 14.8 Å². The van der Waals surface area contributed by atoms with E-state index in [1.54, 1.807) is 0 Å². The van der Waals surface area contributed by atoms with E-state index in [0.29, 0.717) is 6.42 Å². The molecule has 1 fully saturated rings. The molecule has 3 rings (SSSR count). The number of hydrogen-bond donors (Lipinski definition) is 0. The van der Waals surface area contributed by atoms with Gasteiger partial charge in [-0.25, -0.2) is 4.98 Å². The zero-order chi connectivity index (χ0) is 15.5. The minimum atomic E-state index is 0.169. The molecule has 0 atom stereocenters. The second kappa shape index (κ2) is 6.62. The standard InChI is InChI=1S/C16H21N3O2S/c1-12-4-5-14(21-12)16-17-13(11-22-16)10-15(20)19-7-3-6-18(2)8-9-19/h4-5,11H,3,6-10H2,1-2H3. The molecular weight excluding hydrogens is 298 g/mol. The van der Waals surface area contributed by atoms with E-state index in [4.69, 9.17) is 4.42 Å². The second-order valence-corrected chi connectivity index (χ2v) is 6.63. The normalized spacial score (nSPS) is 16.7. The molecule has 0 saturated carbocycles. The summed E-state index contributed by atoms with van der Waals surface area (Å²) < 4.78 is 5.58. The molecule has 6 heteroatoms. The second-order valence-electron chi connectivity index (χ2n) is 5.77. The van der Waals surface area contributed by atoms with Gasteiger partial charge in [0.1, 0.15) is 5.76 Å². The first kappa shape index (κ1) is 15.2. The highest BCUT2D eigenvalue weighted by Crippen LogP contribution is 2.25. The lowest BCUT2D eigenvalue weighted by atomic mass is 10.3. The molecule has 0 aliphatic carbocycles. The molecule has 1 aliphatic heterocycles. The van der Waals surface area contributed by atoms with Gasteiger partial charge in [-0.15, -0.1) is 11.3 Å². The Morgan fingerprint density at radius 3 is 2.95 bits per heavy atom. The van der Waals surface area contributed by atoms with E-state index in [1.165, 1.54) is 11.3 Å². The Bertz CT molecular complexity index is 649. The molecule has 22 heavy (non-hydrogen) atoms. The van der Waals surface area contributed by atoms with Crippen molar-refractivity contribution in [2.75, 3.05) is 33.2 Å². The van der Waals surface area contributed by atoms with Crippen molar-refractivity contribution in [2.24, 2.45) is 0 Å². The van der Waals surface area contributed by atoms with Crippen molar-refractivity contribution in [3.05, 3.63) is 29.0 Å². The number of furan rings is 1. The van der Waals surface area contributed by atoms with Crippen molar-refractivity contribution in [1.29, 1.82) is 0 Å². The van der Waals surface area contributed by atoms with Gasteiger partial charge in [0.25, 0.3) is 0 Å². The summed E-state index contributed by atoms with van der Waals surface area (Å²) in [6.45, 7) is 5.57. The van der Waals surface area contributed by atoms with Crippen molar-refractivity contribution in [3.8, 4) is 10.8 Å². The number of amides is 1. The molecular formula is C16H21N3O2S. The number of thiazole rings is 1. The van der Waals surface area contributed by atoms with E-state index in [2.05, 4.69) is 16.9 Å². The van der Waals surface area contributed by atoms with Gasteiger partial charge in [-0.3, -0.25) is 4.79 Å². The molecule has 0 spiro atoms. The Morgan fingerprint density at radius 2 is 2.18 bits per heavy atom. The lowest BCUT2D eigenvalue weighted by molar-refractivity contribution is -0.130. The fourth-order valence-electron chi connectivity index (χ4n) is 2.61. The number of hydrogen-bond acceptors (Lipinski definition) is 5. The van der Waals surface area contributed by atoms with Crippen molar-refractivity contribution in [3.63, 3.8) is 0 Å². The van der Waals surface area contributed by atoms with Gasteiger partial charge in [0, 0.05) is 25.0 Å². The minimum absolute atomic E-state index is 0.169. The largest absolute Gasteiger partial charge is 0.459 e. The predicted octanol–water partition coefficient (Wildman–Crippen LogP) is 2.42. The third-order valence-electron chi connectivity index (χ3n) is 3.91. The number of aromatic nitrogens is 1. The van der Waals surface area contributed by atoms with Crippen LogP contribution in [0.15, 0.2) is 21.9 Å². The summed E-state index contributed by atoms with van der Waals surface area (Å²) in [4.78, 5) is 21.2. The number of likely N-dealkylation sites (N-methyl/N-ethyl adjacent to an activating group) is 1. The summed E-state index contributed by atoms with van der Waals surface area (Å²) in [6.07, 6.45) is 1.41. The number of carbonyl (C=O) groups excluding carboxylic acids is 1. The Morgan fingerprint density at radius 1 is 1.32 bits per heavy atom. The number of nitrogens with zero attached hydrogens (tertiary/aromatic N) is 3. The van der Waals surface area contributed by atoms with E-state index in [9.17, 15) is 4.79 Å². The van der Waals surface area contributed by atoms with Crippen LogP contribution >= 0.6 is 11.3 Å². The quantitative estimate of drug-likeness (QED) is 0.872. The number of carbonyl (C=O) groups is 1. The molecule has 5 nitrogen and oxygen atoms in total. The summed E-state index contributed by atoms with van der Waals surface area (Å²) in [6, 6.07) is 3.85. The van der Waals surface area contributed by atoms with Crippen LogP contribution in [0.5, 0.6) is 0 Å². The lowest BCUT2D eigenvalue weighted by Gasteiger charge is -2.20. The van der Waals surface area contributed by atoms with Crippen molar-refractivity contribution >= 4 is 17.2 Å². The SMILES string of the molecule is Cc1ccc(-c2nc(CC(=O)N3CCCN(C)CC3)cs2)o1. The highest BCUT2D eigenvalue weighted by molar-refractivity contribution is 7.13. The molecule has 1 saturated heterocycles. The maximum Gasteiger partial charge on any atom is 0.228 e. The first-order chi connectivity index (χ1) is 10.6. The third kappa shape index (κ3) is 3.56. The van der Waals surface area contributed by atoms with Crippen LogP contribution < -0.4 is 0 Å². The van der Waals surface area contributed by atoms with Crippen molar-refractivity contribution in [2.45, 2.75) is 19.8 Å². The van der Waals surface area contributed by atoms with E-state index in [1.807, 2.05) is 29.3 Å². The third-order valence-corrected chi connectivity index (χ3v) is 4.81. The Labute approximate surface area is 134 Å². The maximum absolute atomic E-state index is 12.4. The first-order valence-corrected chi connectivity index (χ1v) is 8.47. The molecule has 2 aromatic rings. The molecule has 1 amide bonds. The van der Waals surface area contributed by atoms with E-state index in [-0.39, 0.29) is 5.91 Å². The van der Waals surface area contributed by atoms with Gasteiger partial charge in [-0.1, -0.05) is 0 Å². The Kier molecular flexibility index (Phi) is 4.59. The summed E-state index contributed by atoms with van der Waals surface area (Å²) >= 11 is 1.53. The fourth-order valence-corrected chi connectivity index (χ4v) is 3.39. The van der Waals surface area contributed by atoms with Crippen LogP contribution in [0, 0.1) is 6.92 Å². The van der Waals surface area contributed by atoms with Crippen LogP contribution in [-0.2, 0) is 11.2 Å². The summed E-state index contributed by atoms with van der Waals surface area (Å²) in [7, 11) is 2.10. The van der Waals surface area contributed by atoms with Gasteiger partial charge in [-0.05, 0) is 39.1 Å². The van der Waals surface area contributed by atoms with Gasteiger partial charge in [-0.2, -0.15) is 0 Å². The molecule has 0 N–H and O–H groups in total. The highest BCUT2D eigenvalue weighted by Gasteiger charge is 2.19. The monoisotopic (exact) mass is 319 g/mol. The van der Waals surface area contributed by atoms with Gasteiger partial charge >= 0.3 is 0 Å². The van der Waals surface area contributed by atoms with Gasteiger partial charge < -0.3 is 14.2 Å². The zero-order valence-electron chi connectivity index (χ0n) is 13.0. The van der Waals surface area contributed by atoms with Crippen molar-refractivity contribution < 1.29 is 9.21 Å². The van der Waals surface area contributed by atoms with E-state index in [0.717, 1.165) is 54.8 Å². The van der Waals surface area contributed by atoms with Crippen LogP contribution in [0.2, 0.25) is 0 Å². The Balaban J connectivity index is 1.63. The average molecular weight is 319 g/mol. The zero-order valence-corrected chi connectivity index (χ0v) is 13.9. The summed E-state index contributed by atoms with van der Waals surface area (Å²) in [5, 5.41) is 2.79. The van der Waals surface area contributed by atoms with Crippen LogP contribution in [0.1, 0.15) is 17.9 Å². The molecule has 0 unspecified atom stereocenters. The lowest BCUT2D eigenvalue weighted by Crippen LogP contribution is -2.35. The van der Waals surface area contributed by atoms with E-state index >= 15 is 0 Å². The number of aryl methyl sites for hydroxylation is 1. The first-order valence-electron chi connectivity index (χ1n) is 7.59. The van der Waals surface area contributed by atoms with Gasteiger partial charge in [0.2, 0.25) is 5.91 Å². The van der Waals surface area contributed by atoms with Crippen LogP contribution in [0.4, 0.5) is 0 Å². The molecule has 3 heterocycles. The molecule has 1 aliphatic rings. The molecule has 0 radical (unpaired) electrons. The number of rotatable bonds is 3. The minimum Gasteiger partial charge on any atom is -0.459 e. The molecule has 0 aromatic carbocycles. The van der Waals surface area contributed by atoms with Crippen LogP contribution in [-0.4, -0.2) is 53.9 Å². The van der Waals surface area contributed by atoms with Gasteiger partial charge in [0.05, 0.1) is 12.1 Å². The van der Waals surface area contributed by atoms with Crippen LogP contribution in [0.3, 0.4) is 0 Å². The highest BCUT2D eigenvalue weighted by atomic mass is 32.1. The molecule has 118 valence electrons. The van der Waals surface area contributed by atoms with Gasteiger partial charge in [0.15, 0.2) is 10.8 Å². The molecule has 2 aromatic heterocycles. The average Bonchev–Trinajstić information content (AvgIpc) is 3.05. The predicted molar refractivity (Wildman–Crippen MR) is 87.0 cm³/mol.